The summed E-state index contributed by atoms with van der Waals surface area (Å²) in [5.41, 5.74) is 0.456. The number of urea groups is 1. The summed E-state index contributed by atoms with van der Waals surface area (Å²) in [6.45, 7) is 1.35. The van der Waals surface area contributed by atoms with Crippen LogP contribution in [0.15, 0.2) is 34.4 Å². The molecule has 0 radical (unpaired) electrons. The molecule has 0 aliphatic carbocycles. The van der Waals surface area contributed by atoms with Crippen molar-refractivity contribution in [2.45, 2.75) is 13.5 Å². The first kappa shape index (κ1) is 25.1. The average molecular weight is 488 g/mol. The molecule has 0 unspecified atom stereocenters. The second kappa shape index (κ2) is 11.1. The third kappa shape index (κ3) is 5.72. The molecule has 35 heavy (non-hydrogen) atoms. The Morgan fingerprint density at radius 3 is 2.37 bits per heavy atom. The molecule has 0 saturated carbocycles. The summed E-state index contributed by atoms with van der Waals surface area (Å²) in [6.07, 6.45) is 1.43. The number of nitrogens with one attached hydrogen (secondary N) is 1. The minimum atomic E-state index is -0.674. The highest BCUT2D eigenvalue weighted by molar-refractivity contribution is 6.13. The first-order chi connectivity index (χ1) is 16.8. The van der Waals surface area contributed by atoms with Crippen LogP contribution in [-0.4, -0.2) is 63.3 Å². The van der Waals surface area contributed by atoms with Crippen molar-refractivity contribution in [2.24, 2.45) is 0 Å². The van der Waals surface area contributed by atoms with Gasteiger partial charge in [0.1, 0.15) is 11.5 Å². The summed E-state index contributed by atoms with van der Waals surface area (Å²) in [4.78, 5) is 49.3. The fourth-order valence-corrected chi connectivity index (χ4v) is 3.17. The number of carbonyl (C=O) groups is 4. The smallest absolute Gasteiger partial charge is 0.373 e. The fourth-order valence-electron chi connectivity index (χ4n) is 3.17. The molecule has 12 heteroatoms. The molecule has 0 bridgehead atoms. The number of amides is 3. The largest absolute Gasteiger partial charge is 0.493 e. The van der Waals surface area contributed by atoms with Crippen molar-refractivity contribution in [3.8, 4) is 17.2 Å². The average Bonchev–Trinajstić information content (AvgIpc) is 3.42. The highest BCUT2D eigenvalue weighted by Crippen LogP contribution is 2.39. The number of hydrogen-bond donors (Lipinski definition) is 1. The van der Waals surface area contributed by atoms with E-state index in [9.17, 15) is 19.2 Å². The van der Waals surface area contributed by atoms with Crippen molar-refractivity contribution in [3.63, 3.8) is 0 Å². The Balaban J connectivity index is 1.81. The number of nitrogens with zero attached hydrogens (tertiary/aromatic N) is 1. The summed E-state index contributed by atoms with van der Waals surface area (Å²) in [6, 6.07) is 5.30. The molecular formula is C23H24N2O10. The van der Waals surface area contributed by atoms with Crippen LogP contribution < -0.4 is 19.5 Å². The Kier molecular flexibility index (Phi) is 7.97. The zero-order chi connectivity index (χ0) is 25.5. The molecule has 1 fully saturated rings. The van der Waals surface area contributed by atoms with Crippen LogP contribution in [0.2, 0.25) is 0 Å². The Morgan fingerprint density at radius 1 is 1.09 bits per heavy atom. The molecule has 3 amide bonds. The summed E-state index contributed by atoms with van der Waals surface area (Å²) in [5.74, 6) is -1.01. The quantitative estimate of drug-likeness (QED) is 0.300. The topological polar surface area (TPSA) is 143 Å². The van der Waals surface area contributed by atoms with E-state index in [4.69, 9.17) is 23.4 Å². The lowest BCUT2D eigenvalue weighted by molar-refractivity contribution is -0.145. The van der Waals surface area contributed by atoms with E-state index in [-0.39, 0.29) is 54.2 Å². The SMILES string of the molecule is CCOC(=O)COc1c(OC)cc(C=C2NC(=O)N(Cc3ccc(C(=O)OC)o3)C2=O)cc1OC. The molecule has 186 valence electrons. The van der Waals surface area contributed by atoms with Gasteiger partial charge in [0, 0.05) is 0 Å². The zero-order valence-electron chi connectivity index (χ0n) is 19.5. The van der Waals surface area contributed by atoms with Crippen LogP contribution in [0.3, 0.4) is 0 Å². The van der Waals surface area contributed by atoms with Gasteiger partial charge in [-0.15, -0.1) is 0 Å². The van der Waals surface area contributed by atoms with Crippen molar-refractivity contribution in [3.05, 3.63) is 47.0 Å². The summed E-state index contributed by atoms with van der Waals surface area (Å²) in [7, 11) is 4.01. The predicted octanol–water partition coefficient (Wildman–Crippen LogP) is 2.12. The third-order valence-electron chi connectivity index (χ3n) is 4.76. The first-order valence-electron chi connectivity index (χ1n) is 10.4. The van der Waals surface area contributed by atoms with Gasteiger partial charge in [-0.25, -0.2) is 14.4 Å². The maximum Gasteiger partial charge on any atom is 0.373 e. The van der Waals surface area contributed by atoms with Crippen LogP contribution >= 0.6 is 0 Å². The second-order valence-corrected chi connectivity index (χ2v) is 6.99. The Hall–Kier alpha value is -4.48. The second-order valence-electron chi connectivity index (χ2n) is 6.99. The number of hydrogen-bond acceptors (Lipinski definition) is 10. The molecule has 1 aromatic heterocycles. The van der Waals surface area contributed by atoms with Gasteiger partial charge in [-0.3, -0.25) is 9.69 Å². The van der Waals surface area contributed by atoms with Crippen LogP contribution in [-0.2, 0) is 25.6 Å². The van der Waals surface area contributed by atoms with Gasteiger partial charge in [0.05, 0.1) is 34.5 Å². The lowest BCUT2D eigenvalue weighted by Crippen LogP contribution is -2.30. The van der Waals surface area contributed by atoms with Gasteiger partial charge >= 0.3 is 18.0 Å². The number of rotatable bonds is 10. The molecule has 3 rings (SSSR count). The van der Waals surface area contributed by atoms with Gasteiger partial charge < -0.3 is 33.4 Å². The Bertz CT molecular complexity index is 1140. The zero-order valence-corrected chi connectivity index (χ0v) is 19.5. The van der Waals surface area contributed by atoms with Gasteiger partial charge in [0.2, 0.25) is 11.5 Å². The van der Waals surface area contributed by atoms with E-state index in [2.05, 4.69) is 10.1 Å². The van der Waals surface area contributed by atoms with Crippen molar-refractivity contribution >= 4 is 30.0 Å². The number of methoxy groups -OCH3 is 3. The number of esters is 2. The van der Waals surface area contributed by atoms with E-state index < -0.39 is 23.9 Å². The highest BCUT2D eigenvalue weighted by Gasteiger charge is 2.34. The van der Waals surface area contributed by atoms with Gasteiger partial charge in [0.25, 0.3) is 5.91 Å². The standard InChI is InChI=1S/C23H24N2O10/c1-5-33-19(26)12-34-20-17(30-2)9-13(10-18(20)31-3)8-15-21(27)25(23(29)24-15)11-14-6-7-16(35-14)22(28)32-4/h6-10H,5,11-12H2,1-4H3,(H,24,29). The van der Waals surface area contributed by atoms with Crippen LogP contribution in [0.25, 0.3) is 6.08 Å². The number of furan rings is 1. The molecule has 1 N–H and O–H groups in total. The maximum atomic E-state index is 12.8. The van der Waals surface area contributed by atoms with Crippen LogP contribution in [0.1, 0.15) is 28.8 Å². The molecule has 1 aliphatic rings. The van der Waals surface area contributed by atoms with E-state index in [1.807, 2.05) is 0 Å². The number of imide groups is 1. The Labute approximate surface area is 200 Å². The third-order valence-corrected chi connectivity index (χ3v) is 4.76. The molecule has 0 spiro atoms. The first-order valence-corrected chi connectivity index (χ1v) is 10.4. The van der Waals surface area contributed by atoms with Crippen molar-refractivity contribution in [1.82, 2.24) is 10.2 Å². The van der Waals surface area contributed by atoms with Gasteiger partial charge in [-0.05, 0) is 42.8 Å². The summed E-state index contributed by atoms with van der Waals surface area (Å²) >= 11 is 0. The maximum absolute atomic E-state index is 12.8. The highest BCUT2D eigenvalue weighted by atomic mass is 16.6. The molecule has 2 heterocycles. The number of ether oxygens (including phenoxy) is 5. The fraction of sp³-hybridized carbons (Fsp3) is 0.304. The van der Waals surface area contributed by atoms with Crippen molar-refractivity contribution in [2.75, 3.05) is 34.5 Å². The van der Waals surface area contributed by atoms with Crippen LogP contribution in [0.5, 0.6) is 17.2 Å². The normalized spacial score (nSPS) is 14.1. The lowest BCUT2D eigenvalue weighted by atomic mass is 10.1. The van der Waals surface area contributed by atoms with Gasteiger partial charge in [0.15, 0.2) is 18.1 Å². The molecule has 2 aromatic rings. The van der Waals surface area contributed by atoms with Gasteiger partial charge in [-0.2, -0.15) is 0 Å². The molecule has 1 aliphatic heterocycles. The lowest BCUT2D eigenvalue weighted by Gasteiger charge is -2.15. The molecular weight excluding hydrogens is 464 g/mol. The van der Waals surface area contributed by atoms with E-state index >= 15 is 0 Å². The van der Waals surface area contributed by atoms with Crippen LogP contribution in [0, 0.1) is 0 Å². The predicted molar refractivity (Wildman–Crippen MR) is 119 cm³/mol. The van der Waals surface area contributed by atoms with E-state index in [1.54, 1.807) is 19.1 Å². The molecule has 1 saturated heterocycles. The molecule has 0 atom stereocenters. The Morgan fingerprint density at radius 2 is 1.77 bits per heavy atom. The van der Waals surface area contributed by atoms with E-state index in [1.165, 1.54) is 39.5 Å². The minimum absolute atomic E-state index is 0.000884. The molecule has 12 nitrogen and oxygen atoms in total. The summed E-state index contributed by atoms with van der Waals surface area (Å²) < 4.78 is 30.9. The number of benzene rings is 1. The molecule has 1 aromatic carbocycles. The van der Waals surface area contributed by atoms with Gasteiger partial charge in [-0.1, -0.05) is 0 Å². The van der Waals surface area contributed by atoms with Crippen molar-refractivity contribution in [1.29, 1.82) is 0 Å². The minimum Gasteiger partial charge on any atom is -0.493 e. The van der Waals surface area contributed by atoms with Crippen molar-refractivity contribution < 1.29 is 47.3 Å². The number of carbonyl (C=O) groups excluding carboxylic acids is 4. The summed E-state index contributed by atoms with van der Waals surface area (Å²) in [5, 5.41) is 2.50. The van der Waals surface area contributed by atoms with Crippen LogP contribution in [0.4, 0.5) is 4.79 Å². The monoisotopic (exact) mass is 488 g/mol. The van der Waals surface area contributed by atoms with E-state index in [0.29, 0.717) is 5.56 Å². The van der Waals surface area contributed by atoms with E-state index in [0.717, 1.165) is 4.90 Å².